The summed E-state index contributed by atoms with van der Waals surface area (Å²) in [5.74, 6) is 3.60. The molecule has 0 saturated carbocycles. The Kier molecular flexibility index (Phi) is 6.73. The fraction of sp³-hybridized carbons (Fsp3) is 0.0200. The molecule has 11 rings (SSSR count). The summed E-state index contributed by atoms with van der Waals surface area (Å²) in [5.41, 5.74) is 11.6. The molecule has 1 aromatic heterocycles. The predicted molar refractivity (Wildman–Crippen MR) is 216 cm³/mol. The molecule has 8 aromatic carbocycles. The summed E-state index contributed by atoms with van der Waals surface area (Å²) in [6.45, 7) is 0. The van der Waals surface area contributed by atoms with Crippen LogP contribution in [0.1, 0.15) is 22.3 Å². The smallest absolute Gasteiger partial charge is 0.164 e. The van der Waals surface area contributed by atoms with Gasteiger partial charge < -0.3 is 4.74 Å². The van der Waals surface area contributed by atoms with E-state index < -0.39 is 5.41 Å². The SMILES string of the molecule is c1ccc(-c2nc(-c3cccc(-c4cccc5c4Oc4ccccc4C54c5ccccc5-c5ccccc54)c3)nc(-c3cccc4ccccc34)n2)cc1. The first-order valence-corrected chi connectivity index (χ1v) is 18.3. The molecule has 0 unspecified atom stereocenters. The Hall–Kier alpha value is -7.17. The Balaban J connectivity index is 1.11. The van der Waals surface area contributed by atoms with Crippen LogP contribution in [-0.2, 0) is 5.41 Å². The van der Waals surface area contributed by atoms with Crippen LogP contribution in [0.2, 0.25) is 0 Å². The maximum absolute atomic E-state index is 6.98. The monoisotopic (exact) mass is 689 g/mol. The van der Waals surface area contributed by atoms with Crippen LogP contribution in [0.3, 0.4) is 0 Å². The minimum Gasteiger partial charge on any atom is -0.456 e. The zero-order chi connectivity index (χ0) is 35.6. The number of ether oxygens (including phenoxy) is 1. The molecule has 9 aromatic rings. The maximum atomic E-state index is 6.98. The first-order valence-electron chi connectivity index (χ1n) is 18.3. The third-order valence-electron chi connectivity index (χ3n) is 11.0. The molecule has 4 nitrogen and oxygen atoms in total. The summed E-state index contributed by atoms with van der Waals surface area (Å²) >= 11 is 0. The number of nitrogens with zero attached hydrogens (tertiary/aromatic N) is 3. The second-order valence-corrected chi connectivity index (χ2v) is 13.9. The van der Waals surface area contributed by atoms with Crippen LogP contribution in [-0.4, -0.2) is 15.0 Å². The van der Waals surface area contributed by atoms with Gasteiger partial charge in [0.25, 0.3) is 0 Å². The van der Waals surface area contributed by atoms with E-state index in [9.17, 15) is 0 Å². The third-order valence-corrected chi connectivity index (χ3v) is 11.0. The van der Waals surface area contributed by atoms with Crippen LogP contribution in [0.5, 0.6) is 11.5 Å². The standard InChI is InChI=1S/C50H31N3O/c1-2-16-33(17-3-1)47-51-48(53-49(52-47)40-25-13-18-32-15-4-5-21-36(32)40)35-20-12-19-34(31-35)37-24-14-29-44-46(37)54-45-30-11-10-28-43(45)50(44)41-26-8-6-22-38(41)39-23-7-9-27-42(39)50/h1-31H. The number of para-hydroxylation sites is 2. The minimum atomic E-state index is -0.531. The first-order chi connectivity index (χ1) is 26.8. The summed E-state index contributed by atoms with van der Waals surface area (Å²) in [6, 6.07) is 66.0. The van der Waals surface area contributed by atoms with E-state index in [1.807, 2.05) is 30.3 Å². The summed E-state index contributed by atoms with van der Waals surface area (Å²) in [5, 5.41) is 2.24. The van der Waals surface area contributed by atoms with E-state index in [4.69, 9.17) is 19.7 Å². The molecular formula is C50H31N3O. The molecule has 4 heteroatoms. The average Bonchev–Trinajstić information content (AvgIpc) is 3.54. The first kappa shape index (κ1) is 30.5. The summed E-state index contributed by atoms with van der Waals surface area (Å²) in [6.07, 6.45) is 0. The van der Waals surface area contributed by atoms with Gasteiger partial charge in [-0.15, -0.1) is 0 Å². The highest BCUT2D eigenvalue weighted by Crippen LogP contribution is 2.63. The van der Waals surface area contributed by atoms with Gasteiger partial charge in [-0.1, -0.05) is 176 Å². The van der Waals surface area contributed by atoms with Crippen molar-refractivity contribution in [2.75, 3.05) is 0 Å². The highest BCUT2D eigenvalue weighted by atomic mass is 16.5. The highest BCUT2D eigenvalue weighted by Gasteiger charge is 2.51. The lowest BCUT2D eigenvalue weighted by Crippen LogP contribution is -2.32. The molecule has 1 aliphatic heterocycles. The van der Waals surface area contributed by atoms with E-state index in [2.05, 4.69) is 158 Å². The van der Waals surface area contributed by atoms with Crippen molar-refractivity contribution >= 4 is 10.8 Å². The largest absolute Gasteiger partial charge is 0.456 e. The Morgan fingerprint density at radius 2 is 0.870 bits per heavy atom. The lowest BCUT2D eigenvalue weighted by atomic mass is 9.65. The van der Waals surface area contributed by atoms with E-state index >= 15 is 0 Å². The van der Waals surface area contributed by atoms with Crippen LogP contribution in [0.25, 0.3) is 67.2 Å². The molecule has 0 saturated heterocycles. The number of hydrogen-bond acceptors (Lipinski definition) is 4. The van der Waals surface area contributed by atoms with Crippen LogP contribution in [0, 0.1) is 0 Å². The number of benzene rings is 8. The topological polar surface area (TPSA) is 47.9 Å². The second-order valence-electron chi connectivity index (χ2n) is 13.9. The molecule has 0 radical (unpaired) electrons. The fourth-order valence-electron chi connectivity index (χ4n) is 8.69. The Morgan fingerprint density at radius 3 is 1.69 bits per heavy atom. The lowest BCUT2D eigenvalue weighted by molar-refractivity contribution is 0.438. The van der Waals surface area contributed by atoms with Crippen molar-refractivity contribution in [3.8, 4) is 67.9 Å². The summed E-state index contributed by atoms with van der Waals surface area (Å²) < 4.78 is 6.98. The number of fused-ring (bicyclic) bond motifs is 10. The molecule has 2 heterocycles. The third kappa shape index (κ3) is 4.47. The van der Waals surface area contributed by atoms with Crippen molar-refractivity contribution in [3.05, 3.63) is 210 Å². The van der Waals surface area contributed by atoms with Gasteiger partial charge in [0, 0.05) is 33.4 Å². The minimum absolute atomic E-state index is 0.531. The van der Waals surface area contributed by atoms with Crippen molar-refractivity contribution in [3.63, 3.8) is 0 Å². The van der Waals surface area contributed by atoms with Crippen LogP contribution >= 0.6 is 0 Å². The Labute approximate surface area is 313 Å². The normalized spacial score (nSPS) is 13.1. The van der Waals surface area contributed by atoms with Gasteiger partial charge in [0.1, 0.15) is 11.5 Å². The summed E-state index contributed by atoms with van der Waals surface area (Å²) in [4.78, 5) is 15.3. The van der Waals surface area contributed by atoms with Crippen LogP contribution in [0.15, 0.2) is 188 Å². The van der Waals surface area contributed by atoms with Gasteiger partial charge in [0.05, 0.1) is 5.41 Å². The van der Waals surface area contributed by atoms with Gasteiger partial charge >= 0.3 is 0 Å². The van der Waals surface area contributed by atoms with Gasteiger partial charge in [-0.25, -0.2) is 15.0 Å². The second kappa shape index (κ2) is 11.9. The lowest BCUT2D eigenvalue weighted by Gasteiger charge is -2.40. The average molecular weight is 690 g/mol. The summed E-state index contributed by atoms with van der Waals surface area (Å²) in [7, 11) is 0. The quantitative estimate of drug-likeness (QED) is 0.185. The van der Waals surface area contributed by atoms with Gasteiger partial charge in [-0.05, 0) is 50.7 Å². The molecule has 0 N–H and O–H groups in total. The molecule has 252 valence electrons. The number of rotatable bonds is 4. The van der Waals surface area contributed by atoms with E-state index in [0.29, 0.717) is 17.5 Å². The number of aromatic nitrogens is 3. The molecule has 0 fully saturated rings. The van der Waals surface area contributed by atoms with Crippen molar-refractivity contribution in [2.24, 2.45) is 0 Å². The maximum Gasteiger partial charge on any atom is 0.164 e. The van der Waals surface area contributed by atoms with Gasteiger partial charge in [0.2, 0.25) is 0 Å². The van der Waals surface area contributed by atoms with Gasteiger partial charge in [-0.3, -0.25) is 0 Å². The molecule has 1 spiro atoms. The van der Waals surface area contributed by atoms with Crippen LogP contribution < -0.4 is 4.74 Å². The van der Waals surface area contributed by atoms with Crippen molar-refractivity contribution in [2.45, 2.75) is 5.41 Å². The Bertz CT molecular complexity index is 2880. The molecule has 0 amide bonds. The van der Waals surface area contributed by atoms with Crippen molar-refractivity contribution < 1.29 is 4.74 Å². The number of hydrogen-bond donors (Lipinski definition) is 0. The zero-order valence-corrected chi connectivity index (χ0v) is 29.1. The van der Waals surface area contributed by atoms with Gasteiger partial charge in [0.15, 0.2) is 17.5 Å². The van der Waals surface area contributed by atoms with Crippen molar-refractivity contribution in [1.29, 1.82) is 0 Å². The van der Waals surface area contributed by atoms with E-state index in [1.165, 1.54) is 22.3 Å². The van der Waals surface area contributed by atoms with E-state index in [1.54, 1.807) is 0 Å². The molecular weight excluding hydrogens is 659 g/mol. The highest BCUT2D eigenvalue weighted by molar-refractivity contribution is 5.95. The van der Waals surface area contributed by atoms with Gasteiger partial charge in [-0.2, -0.15) is 0 Å². The molecule has 0 atom stereocenters. The molecule has 1 aliphatic carbocycles. The fourth-order valence-corrected chi connectivity index (χ4v) is 8.69. The predicted octanol–water partition coefficient (Wildman–Crippen LogP) is 12.2. The zero-order valence-electron chi connectivity index (χ0n) is 29.1. The molecule has 54 heavy (non-hydrogen) atoms. The molecule has 2 aliphatic rings. The van der Waals surface area contributed by atoms with Crippen LogP contribution in [0.4, 0.5) is 0 Å². The van der Waals surface area contributed by atoms with Crippen molar-refractivity contribution in [1.82, 2.24) is 15.0 Å². The van der Waals surface area contributed by atoms with E-state index in [-0.39, 0.29) is 0 Å². The van der Waals surface area contributed by atoms with E-state index in [0.717, 1.165) is 61.2 Å². The Morgan fingerprint density at radius 1 is 0.352 bits per heavy atom. The molecule has 0 bridgehead atoms.